The number of piperazine rings is 1. The van der Waals surface area contributed by atoms with E-state index in [2.05, 4.69) is 47.1 Å². The van der Waals surface area contributed by atoms with Crippen LogP contribution in [0.5, 0.6) is 11.8 Å². The molecule has 0 spiro atoms. The molecule has 0 bridgehead atoms. The lowest BCUT2D eigenvalue weighted by Gasteiger charge is -2.32. The largest absolute Gasteiger partial charge is 0.489 e. The lowest BCUT2D eigenvalue weighted by atomic mass is 9.93. The van der Waals surface area contributed by atoms with Gasteiger partial charge in [0.15, 0.2) is 11.4 Å². The van der Waals surface area contributed by atoms with Crippen LogP contribution in [0.4, 0.5) is 11.8 Å². The number of hydrogen-bond donors (Lipinski definition) is 1. The van der Waals surface area contributed by atoms with E-state index < -0.39 is 0 Å². The molecule has 2 saturated heterocycles. The summed E-state index contributed by atoms with van der Waals surface area (Å²) in [7, 11) is 2.17. The van der Waals surface area contributed by atoms with Crippen molar-refractivity contribution in [3.8, 4) is 11.8 Å². The SMILES string of the molecule is CN1CCN(CCOc2cnc(N[C@H]3CC[C@@H](Oc4nc(N5CCOCC5)cc5ncnn45)CC3)nc2)CC1. The van der Waals surface area contributed by atoms with Gasteiger partial charge in [0.2, 0.25) is 5.95 Å². The zero-order chi connectivity index (χ0) is 26.4. The summed E-state index contributed by atoms with van der Waals surface area (Å²) in [6, 6.07) is 2.75. The molecule has 5 heterocycles. The molecule has 6 rings (SSSR count). The number of fused-ring (bicyclic) bond motifs is 1. The zero-order valence-corrected chi connectivity index (χ0v) is 22.6. The molecule has 1 aliphatic carbocycles. The average Bonchev–Trinajstić information content (AvgIpc) is 3.46. The van der Waals surface area contributed by atoms with E-state index in [1.807, 2.05) is 6.07 Å². The first kappa shape index (κ1) is 26.0. The van der Waals surface area contributed by atoms with Crippen molar-refractivity contribution in [3.05, 3.63) is 24.8 Å². The molecule has 210 valence electrons. The minimum absolute atomic E-state index is 0.0693. The van der Waals surface area contributed by atoms with Gasteiger partial charge in [-0.05, 0) is 32.7 Å². The summed E-state index contributed by atoms with van der Waals surface area (Å²) in [5.41, 5.74) is 0.737. The standard InChI is InChI=1S/C26H38N10O3/c1-33-6-8-34(9-7-33)10-15-38-22-17-27-25(28-18-22)31-20-2-4-21(5-3-20)39-26-32-24(35-11-13-37-14-12-35)16-23-29-19-30-36(23)26/h16-21H,2-15H2,1H3,(H,27,28,31)/t20-,21+. The average molecular weight is 539 g/mol. The Hall–Kier alpha value is -3.29. The number of morpholine rings is 1. The van der Waals surface area contributed by atoms with Crippen LogP contribution in [0.25, 0.3) is 5.65 Å². The third-order valence-corrected chi connectivity index (χ3v) is 7.74. The first-order valence-corrected chi connectivity index (χ1v) is 14.0. The van der Waals surface area contributed by atoms with E-state index in [9.17, 15) is 0 Å². The summed E-state index contributed by atoms with van der Waals surface area (Å²) >= 11 is 0. The van der Waals surface area contributed by atoms with E-state index in [0.29, 0.717) is 43.6 Å². The number of nitrogens with one attached hydrogen (secondary N) is 1. The minimum Gasteiger partial charge on any atom is -0.489 e. The van der Waals surface area contributed by atoms with Crippen LogP contribution >= 0.6 is 0 Å². The van der Waals surface area contributed by atoms with Crippen LogP contribution in [0.15, 0.2) is 24.8 Å². The van der Waals surface area contributed by atoms with Crippen molar-refractivity contribution < 1.29 is 14.2 Å². The predicted octanol–water partition coefficient (Wildman–Crippen LogP) is 1.18. The molecule has 13 heteroatoms. The Morgan fingerprint density at radius 1 is 0.974 bits per heavy atom. The second kappa shape index (κ2) is 12.3. The molecule has 1 saturated carbocycles. The topological polar surface area (TPSA) is 118 Å². The van der Waals surface area contributed by atoms with E-state index in [-0.39, 0.29) is 6.10 Å². The zero-order valence-electron chi connectivity index (χ0n) is 22.6. The first-order valence-electron chi connectivity index (χ1n) is 14.0. The Morgan fingerprint density at radius 2 is 1.74 bits per heavy atom. The van der Waals surface area contributed by atoms with Gasteiger partial charge in [-0.3, -0.25) is 4.90 Å². The van der Waals surface area contributed by atoms with Gasteiger partial charge in [-0.25, -0.2) is 15.0 Å². The van der Waals surface area contributed by atoms with E-state index in [1.54, 1.807) is 16.9 Å². The van der Waals surface area contributed by atoms with Crippen molar-refractivity contribution in [2.45, 2.75) is 37.8 Å². The molecular weight excluding hydrogens is 500 g/mol. The second-order valence-electron chi connectivity index (χ2n) is 10.5. The van der Waals surface area contributed by atoms with Crippen molar-refractivity contribution >= 4 is 17.4 Å². The molecule has 0 atom stereocenters. The molecule has 0 aromatic carbocycles. The van der Waals surface area contributed by atoms with Crippen LogP contribution in [0.3, 0.4) is 0 Å². The highest BCUT2D eigenvalue weighted by atomic mass is 16.5. The normalized spacial score (nSPS) is 23.2. The maximum absolute atomic E-state index is 6.37. The van der Waals surface area contributed by atoms with Gasteiger partial charge in [-0.15, -0.1) is 0 Å². The summed E-state index contributed by atoms with van der Waals surface area (Å²) in [5, 5.41) is 7.80. The highest BCUT2D eigenvalue weighted by Gasteiger charge is 2.25. The van der Waals surface area contributed by atoms with Gasteiger partial charge in [-0.1, -0.05) is 0 Å². The molecule has 0 radical (unpaired) electrons. The molecule has 3 aromatic heterocycles. The molecule has 0 unspecified atom stereocenters. The van der Waals surface area contributed by atoms with Gasteiger partial charge in [0.05, 0.1) is 25.6 Å². The van der Waals surface area contributed by atoms with Crippen molar-refractivity contribution in [2.75, 3.05) is 82.9 Å². The van der Waals surface area contributed by atoms with E-state index in [0.717, 1.165) is 83.0 Å². The number of aromatic nitrogens is 6. The second-order valence-corrected chi connectivity index (χ2v) is 10.5. The van der Waals surface area contributed by atoms with Crippen molar-refractivity contribution in [1.82, 2.24) is 39.3 Å². The molecule has 13 nitrogen and oxygen atoms in total. The van der Waals surface area contributed by atoms with Gasteiger partial charge < -0.3 is 29.3 Å². The Bertz CT molecular complexity index is 1190. The smallest absolute Gasteiger partial charge is 0.321 e. The Kier molecular flexibility index (Phi) is 8.16. The van der Waals surface area contributed by atoms with Crippen LogP contribution in [0.1, 0.15) is 25.7 Å². The third-order valence-electron chi connectivity index (χ3n) is 7.74. The lowest BCUT2D eigenvalue weighted by molar-refractivity contribution is 0.121. The van der Waals surface area contributed by atoms with E-state index in [4.69, 9.17) is 19.2 Å². The maximum Gasteiger partial charge on any atom is 0.321 e. The fourth-order valence-electron chi connectivity index (χ4n) is 5.31. The first-order chi connectivity index (χ1) is 19.2. The lowest BCUT2D eigenvalue weighted by Crippen LogP contribution is -2.45. The molecular formula is C26H38N10O3. The molecule has 3 aromatic rings. The van der Waals surface area contributed by atoms with Crippen LogP contribution in [0.2, 0.25) is 0 Å². The summed E-state index contributed by atoms with van der Waals surface area (Å²) in [6.45, 7) is 8.99. The number of nitrogens with zero attached hydrogens (tertiary/aromatic N) is 9. The van der Waals surface area contributed by atoms with E-state index >= 15 is 0 Å². The maximum atomic E-state index is 6.37. The van der Waals surface area contributed by atoms with Crippen LogP contribution in [-0.4, -0.2) is 124 Å². The third kappa shape index (κ3) is 6.65. The fraction of sp³-hybridized carbons (Fsp3) is 0.654. The number of likely N-dealkylation sites (N-methyl/N-ethyl adjacent to an activating group) is 1. The predicted molar refractivity (Wildman–Crippen MR) is 146 cm³/mol. The summed E-state index contributed by atoms with van der Waals surface area (Å²) in [6.07, 6.45) is 8.85. The number of rotatable bonds is 9. The Labute approximate surface area is 228 Å². The Balaban J connectivity index is 0.967. The van der Waals surface area contributed by atoms with Crippen molar-refractivity contribution in [1.29, 1.82) is 0 Å². The Morgan fingerprint density at radius 3 is 2.51 bits per heavy atom. The molecule has 3 fully saturated rings. The molecule has 3 aliphatic rings. The summed E-state index contributed by atoms with van der Waals surface area (Å²) in [4.78, 5) is 25.1. The van der Waals surface area contributed by atoms with Crippen LogP contribution < -0.4 is 19.7 Å². The summed E-state index contributed by atoms with van der Waals surface area (Å²) in [5.74, 6) is 2.20. The van der Waals surface area contributed by atoms with Gasteiger partial charge >= 0.3 is 6.01 Å². The van der Waals surface area contributed by atoms with Gasteiger partial charge in [0.25, 0.3) is 0 Å². The van der Waals surface area contributed by atoms with Gasteiger partial charge in [-0.2, -0.15) is 14.6 Å². The highest BCUT2D eigenvalue weighted by Crippen LogP contribution is 2.27. The van der Waals surface area contributed by atoms with Crippen LogP contribution in [-0.2, 0) is 4.74 Å². The monoisotopic (exact) mass is 538 g/mol. The molecule has 1 N–H and O–H groups in total. The van der Waals surface area contributed by atoms with Crippen molar-refractivity contribution in [2.24, 2.45) is 0 Å². The van der Waals surface area contributed by atoms with Gasteiger partial charge in [0, 0.05) is 57.9 Å². The van der Waals surface area contributed by atoms with E-state index in [1.165, 1.54) is 6.33 Å². The van der Waals surface area contributed by atoms with Crippen LogP contribution in [0, 0.1) is 0 Å². The number of anilines is 2. The van der Waals surface area contributed by atoms with Crippen molar-refractivity contribution in [3.63, 3.8) is 0 Å². The molecule has 0 amide bonds. The number of ether oxygens (including phenoxy) is 3. The summed E-state index contributed by atoms with van der Waals surface area (Å²) < 4.78 is 19.4. The quantitative estimate of drug-likeness (QED) is 0.421. The molecule has 39 heavy (non-hydrogen) atoms. The van der Waals surface area contributed by atoms with Gasteiger partial charge in [0.1, 0.15) is 24.9 Å². The highest BCUT2D eigenvalue weighted by molar-refractivity contribution is 5.52. The fourth-order valence-corrected chi connectivity index (χ4v) is 5.31. The minimum atomic E-state index is 0.0693. The molecule has 2 aliphatic heterocycles. The number of hydrogen-bond acceptors (Lipinski definition) is 12.